The van der Waals surface area contributed by atoms with Crippen molar-refractivity contribution in [3.05, 3.63) is 69.8 Å². The average Bonchev–Trinajstić information content (AvgIpc) is 2.71. The van der Waals surface area contributed by atoms with Gasteiger partial charge in [-0.2, -0.15) is 9.41 Å². The largest absolute Gasteiger partial charge is 0.375 e. The molecule has 0 bridgehead atoms. The minimum atomic E-state index is -3.94. The third kappa shape index (κ3) is 4.26. The summed E-state index contributed by atoms with van der Waals surface area (Å²) in [7, 11) is -3.94. The standard InChI is InChI=1S/C18H19N5O4S2/c1-12(20-21-18(19)28)17-16-5-3-2-4-13(16)10-11-22(17)29(26,27)15-8-6-14(7-9-15)23(24)25/h2-9,17H,10-11H2,1H3,(H3,19,21,28)/b20-12+. The number of nitrogens with zero attached hydrogens (tertiary/aromatic N) is 3. The van der Waals surface area contributed by atoms with E-state index >= 15 is 0 Å². The first kappa shape index (κ1) is 20.8. The molecule has 0 aliphatic carbocycles. The van der Waals surface area contributed by atoms with Crippen LogP contribution < -0.4 is 11.2 Å². The molecule has 1 aliphatic heterocycles. The maximum absolute atomic E-state index is 13.4. The van der Waals surface area contributed by atoms with E-state index in [2.05, 4.69) is 10.5 Å². The van der Waals surface area contributed by atoms with E-state index in [1.165, 1.54) is 28.6 Å². The van der Waals surface area contributed by atoms with Crippen LogP contribution in [0.3, 0.4) is 0 Å². The Labute approximate surface area is 173 Å². The Balaban J connectivity index is 2.06. The molecule has 0 radical (unpaired) electrons. The van der Waals surface area contributed by atoms with Crippen molar-refractivity contribution in [3.63, 3.8) is 0 Å². The van der Waals surface area contributed by atoms with Crippen molar-refractivity contribution < 1.29 is 13.3 Å². The molecule has 0 fully saturated rings. The molecule has 9 nitrogen and oxygen atoms in total. The van der Waals surface area contributed by atoms with Crippen LogP contribution in [0.25, 0.3) is 0 Å². The SMILES string of the molecule is C/C(=N\NC(N)=S)C1c2ccccc2CCN1S(=O)(=O)c1ccc([N+](=O)[O-])cc1. The van der Waals surface area contributed by atoms with Crippen molar-refractivity contribution in [1.29, 1.82) is 0 Å². The lowest BCUT2D eigenvalue weighted by Gasteiger charge is -2.36. The zero-order valence-electron chi connectivity index (χ0n) is 15.5. The summed E-state index contributed by atoms with van der Waals surface area (Å²) in [5.41, 5.74) is 10.1. The second-order valence-electron chi connectivity index (χ2n) is 6.45. The Kier molecular flexibility index (Phi) is 5.91. The molecule has 11 heteroatoms. The third-order valence-electron chi connectivity index (χ3n) is 4.63. The van der Waals surface area contributed by atoms with Crippen molar-refractivity contribution in [2.75, 3.05) is 6.54 Å². The van der Waals surface area contributed by atoms with Gasteiger partial charge < -0.3 is 5.73 Å². The molecule has 0 amide bonds. The van der Waals surface area contributed by atoms with Gasteiger partial charge in [0.1, 0.15) is 0 Å². The number of nitro groups is 1. The number of fused-ring (bicyclic) bond motifs is 1. The summed E-state index contributed by atoms with van der Waals surface area (Å²) in [5.74, 6) is 0. The summed E-state index contributed by atoms with van der Waals surface area (Å²) >= 11 is 4.78. The van der Waals surface area contributed by atoms with Gasteiger partial charge in [0.25, 0.3) is 5.69 Å². The van der Waals surface area contributed by atoms with Gasteiger partial charge in [0, 0.05) is 18.7 Å². The van der Waals surface area contributed by atoms with Crippen molar-refractivity contribution in [1.82, 2.24) is 9.73 Å². The predicted molar refractivity (Wildman–Crippen MR) is 113 cm³/mol. The molecule has 3 N–H and O–H groups in total. The number of rotatable bonds is 5. The number of sulfonamides is 1. The zero-order chi connectivity index (χ0) is 21.2. The lowest BCUT2D eigenvalue weighted by atomic mass is 9.92. The normalized spacial score (nSPS) is 17.4. The first-order chi connectivity index (χ1) is 13.7. The Hall–Kier alpha value is -2.89. The van der Waals surface area contributed by atoms with Gasteiger partial charge in [-0.3, -0.25) is 15.5 Å². The lowest BCUT2D eigenvalue weighted by molar-refractivity contribution is -0.384. The molecule has 0 spiro atoms. The van der Waals surface area contributed by atoms with Crippen LogP contribution in [0.5, 0.6) is 0 Å². The van der Waals surface area contributed by atoms with Gasteiger partial charge in [-0.25, -0.2) is 8.42 Å². The van der Waals surface area contributed by atoms with Crippen LogP contribution in [0, 0.1) is 10.1 Å². The maximum Gasteiger partial charge on any atom is 0.269 e. The highest BCUT2D eigenvalue weighted by atomic mass is 32.2. The van der Waals surface area contributed by atoms with Crippen LogP contribution in [0.2, 0.25) is 0 Å². The van der Waals surface area contributed by atoms with Crippen LogP contribution in [0.15, 0.2) is 58.5 Å². The molecule has 0 aromatic heterocycles. The average molecular weight is 434 g/mol. The fourth-order valence-corrected chi connectivity index (χ4v) is 4.99. The van der Waals surface area contributed by atoms with E-state index in [0.717, 1.165) is 11.1 Å². The van der Waals surface area contributed by atoms with E-state index < -0.39 is 21.0 Å². The number of hydrazone groups is 1. The van der Waals surface area contributed by atoms with Crippen molar-refractivity contribution >= 4 is 38.8 Å². The lowest BCUT2D eigenvalue weighted by Crippen LogP contribution is -2.43. The fourth-order valence-electron chi connectivity index (χ4n) is 3.32. The topological polar surface area (TPSA) is 131 Å². The van der Waals surface area contributed by atoms with Gasteiger partial charge in [0.2, 0.25) is 10.0 Å². The monoisotopic (exact) mass is 433 g/mol. The molecule has 1 atom stereocenters. The zero-order valence-corrected chi connectivity index (χ0v) is 17.1. The van der Waals surface area contributed by atoms with Gasteiger partial charge >= 0.3 is 0 Å². The highest BCUT2D eigenvalue weighted by Crippen LogP contribution is 2.35. The molecule has 2 aromatic rings. The number of thiocarbonyl (C=S) groups is 1. The number of nitrogens with one attached hydrogen (secondary N) is 1. The number of hydrogen-bond acceptors (Lipinski definition) is 6. The summed E-state index contributed by atoms with van der Waals surface area (Å²) in [6, 6.07) is 11.7. The Morgan fingerprint density at radius 1 is 1.28 bits per heavy atom. The minimum absolute atomic E-state index is 0.0254. The van der Waals surface area contributed by atoms with E-state index in [1.807, 2.05) is 24.3 Å². The molecule has 152 valence electrons. The fraction of sp³-hybridized carbons (Fsp3) is 0.222. The smallest absolute Gasteiger partial charge is 0.269 e. The first-order valence-corrected chi connectivity index (χ1v) is 10.5. The minimum Gasteiger partial charge on any atom is -0.375 e. The van der Waals surface area contributed by atoms with E-state index in [-0.39, 0.29) is 22.2 Å². The summed E-state index contributed by atoms with van der Waals surface area (Å²) in [4.78, 5) is 10.3. The van der Waals surface area contributed by atoms with Crippen LogP contribution >= 0.6 is 12.2 Å². The first-order valence-electron chi connectivity index (χ1n) is 8.65. The highest BCUT2D eigenvalue weighted by molar-refractivity contribution is 7.89. The van der Waals surface area contributed by atoms with Gasteiger partial charge in [-0.1, -0.05) is 24.3 Å². The number of benzene rings is 2. The Morgan fingerprint density at radius 2 is 1.93 bits per heavy atom. The molecule has 2 aromatic carbocycles. The van der Waals surface area contributed by atoms with E-state index in [9.17, 15) is 18.5 Å². The van der Waals surface area contributed by atoms with Gasteiger partial charge in [0.15, 0.2) is 5.11 Å². The summed E-state index contributed by atoms with van der Waals surface area (Å²) < 4.78 is 28.1. The molecule has 1 unspecified atom stereocenters. The molecular weight excluding hydrogens is 414 g/mol. The Morgan fingerprint density at radius 3 is 2.55 bits per heavy atom. The summed E-state index contributed by atoms with van der Waals surface area (Å²) in [6.07, 6.45) is 0.537. The van der Waals surface area contributed by atoms with Crippen molar-refractivity contribution in [2.24, 2.45) is 10.8 Å². The highest BCUT2D eigenvalue weighted by Gasteiger charge is 2.38. The second-order valence-corrected chi connectivity index (χ2v) is 8.78. The van der Waals surface area contributed by atoms with E-state index in [1.54, 1.807) is 6.92 Å². The molecule has 1 heterocycles. The molecule has 3 rings (SSSR count). The van der Waals surface area contributed by atoms with Gasteiger partial charge in [0.05, 0.1) is 21.6 Å². The predicted octanol–water partition coefficient (Wildman–Crippen LogP) is 2.09. The van der Waals surface area contributed by atoms with Crippen LogP contribution in [-0.4, -0.2) is 35.0 Å². The molecule has 0 saturated heterocycles. The van der Waals surface area contributed by atoms with Crippen LogP contribution in [0.4, 0.5) is 5.69 Å². The van der Waals surface area contributed by atoms with E-state index in [4.69, 9.17) is 18.0 Å². The third-order valence-corrected chi connectivity index (χ3v) is 6.60. The Bertz CT molecular complexity index is 1080. The van der Waals surface area contributed by atoms with Gasteiger partial charge in [-0.15, -0.1) is 0 Å². The second kappa shape index (κ2) is 8.23. The number of nitrogens with two attached hydrogens (primary N) is 1. The maximum atomic E-state index is 13.4. The van der Waals surface area contributed by atoms with Crippen molar-refractivity contribution in [3.8, 4) is 0 Å². The summed E-state index contributed by atoms with van der Waals surface area (Å²) in [5, 5.41) is 15.0. The molecule has 1 aliphatic rings. The van der Waals surface area contributed by atoms with Crippen LogP contribution in [0.1, 0.15) is 24.1 Å². The number of nitro benzene ring substituents is 1. The van der Waals surface area contributed by atoms with Crippen LogP contribution in [-0.2, 0) is 16.4 Å². The molecule has 0 saturated carbocycles. The molecule has 29 heavy (non-hydrogen) atoms. The quantitative estimate of drug-likeness (QED) is 0.319. The summed E-state index contributed by atoms with van der Waals surface area (Å²) in [6.45, 7) is 1.93. The van der Waals surface area contributed by atoms with E-state index in [0.29, 0.717) is 12.1 Å². The van der Waals surface area contributed by atoms with Crippen molar-refractivity contribution in [2.45, 2.75) is 24.3 Å². The number of hydrogen-bond donors (Lipinski definition) is 2. The molecular formula is C18H19N5O4S2. The number of non-ortho nitro benzene ring substituents is 1. The van der Waals surface area contributed by atoms with Gasteiger partial charge in [-0.05, 0) is 48.8 Å².